The molecule has 0 aromatic carbocycles. The summed E-state index contributed by atoms with van der Waals surface area (Å²) in [5.74, 6) is 0.580. The summed E-state index contributed by atoms with van der Waals surface area (Å²) in [6.07, 6.45) is 8.01. The summed E-state index contributed by atoms with van der Waals surface area (Å²) in [4.78, 5) is 30.3. The summed E-state index contributed by atoms with van der Waals surface area (Å²) in [5.41, 5.74) is 2.44. The molecule has 0 atom stereocenters. The van der Waals surface area contributed by atoms with Crippen LogP contribution < -0.4 is 4.74 Å². The first kappa shape index (κ1) is 13.2. The van der Waals surface area contributed by atoms with E-state index in [2.05, 4.69) is 19.9 Å². The molecule has 1 fully saturated rings. The van der Waals surface area contributed by atoms with Gasteiger partial charge in [-0.1, -0.05) is 0 Å². The van der Waals surface area contributed by atoms with E-state index >= 15 is 0 Å². The van der Waals surface area contributed by atoms with Gasteiger partial charge in [0.05, 0.1) is 28.1 Å². The van der Waals surface area contributed by atoms with E-state index in [1.807, 2.05) is 6.26 Å². The van der Waals surface area contributed by atoms with E-state index < -0.39 is 7.04 Å². The maximum atomic E-state index is 12.6. The van der Waals surface area contributed by atoms with Crippen molar-refractivity contribution in [3.05, 3.63) is 23.3 Å². The molecular weight excluding hydrogens is 336 g/mol. The van der Waals surface area contributed by atoms with E-state index in [1.165, 1.54) is 18.1 Å². The number of nitrogens with zero attached hydrogens (tertiary/aromatic N) is 4. The Bertz CT molecular complexity index is 932. The summed E-state index contributed by atoms with van der Waals surface area (Å²) in [7, 11) is -2.64. The monoisotopic (exact) mass is 359 g/mol. The SMILES string of the molecule is [2H]C([2H])([2H])Oc1ncnc(C2CC2)c1-c1nc2c(c(SC)n1)C(=O)CCCC2. The van der Waals surface area contributed by atoms with Gasteiger partial charge in [0.15, 0.2) is 11.6 Å². The summed E-state index contributed by atoms with van der Waals surface area (Å²) in [5, 5.41) is 0.609. The number of hydrogen-bond donors (Lipinski definition) is 0. The molecule has 0 unspecified atom stereocenters. The second-order valence-electron chi connectivity index (χ2n) is 6.32. The van der Waals surface area contributed by atoms with Crippen LogP contribution in [0.4, 0.5) is 0 Å². The molecule has 0 N–H and O–H groups in total. The lowest BCUT2D eigenvalue weighted by molar-refractivity contribution is 0.0978. The number of aryl methyl sites for hydroxylation is 1. The summed E-state index contributed by atoms with van der Waals surface area (Å²) in [6, 6.07) is 0. The number of ketones is 1. The number of fused-ring (bicyclic) bond motifs is 1. The van der Waals surface area contributed by atoms with Crippen molar-refractivity contribution >= 4 is 17.5 Å². The molecule has 2 aromatic heterocycles. The Balaban J connectivity index is 1.91. The average Bonchev–Trinajstić information content (AvgIpc) is 3.48. The highest BCUT2D eigenvalue weighted by Crippen LogP contribution is 2.45. The quantitative estimate of drug-likeness (QED) is 0.470. The van der Waals surface area contributed by atoms with Crippen molar-refractivity contribution in [3.63, 3.8) is 0 Å². The number of carbonyl (C=O) groups excluding carboxylic acids is 1. The number of methoxy groups -OCH3 is 1. The van der Waals surface area contributed by atoms with E-state index in [0.717, 1.165) is 25.7 Å². The molecule has 0 aliphatic heterocycles. The van der Waals surface area contributed by atoms with Crippen LogP contribution in [0, 0.1) is 0 Å². The lowest BCUT2D eigenvalue weighted by Crippen LogP contribution is -2.10. The molecule has 4 rings (SSSR count). The second kappa shape index (κ2) is 6.71. The van der Waals surface area contributed by atoms with Gasteiger partial charge in [0.2, 0.25) is 5.88 Å². The standard InChI is InChI=1S/C18H20N4O2S/c1-24-17-14(15(10-7-8-10)19-9-20-17)16-21-11-5-3-4-6-12(23)13(11)18(22-16)25-2/h9-10H,3-8H2,1-2H3/i1D3. The molecule has 2 heterocycles. The van der Waals surface area contributed by atoms with E-state index in [0.29, 0.717) is 46.2 Å². The lowest BCUT2D eigenvalue weighted by atomic mass is 10.1. The highest BCUT2D eigenvalue weighted by atomic mass is 32.2. The van der Waals surface area contributed by atoms with Crippen LogP contribution >= 0.6 is 11.8 Å². The van der Waals surface area contributed by atoms with Gasteiger partial charge in [-0.15, -0.1) is 11.8 Å². The van der Waals surface area contributed by atoms with E-state index in [-0.39, 0.29) is 17.6 Å². The number of ether oxygens (including phenoxy) is 1. The third-order valence-corrected chi connectivity index (χ3v) is 5.30. The van der Waals surface area contributed by atoms with Crippen molar-refractivity contribution in [1.82, 2.24) is 19.9 Å². The summed E-state index contributed by atoms with van der Waals surface area (Å²) >= 11 is 1.39. The van der Waals surface area contributed by atoms with Crippen LogP contribution in [0.15, 0.2) is 11.4 Å². The number of hydrogen-bond acceptors (Lipinski definition) is 7. The van der Waals surface area contributed by atoms with Gasteiger partial charge < -0.3 is 4.74 Å². The number of carbonyl (C=O) groups is 1. The van der Waals surface area contributed by atoms with Crippen molar-refractivity contribution in [2.24, 2.45) is 0 Å². The molecule has 25 heavy (non-hydrogen) atoms. The first-order valence-corrected chi connectivity index (χ1v) is 9.62. The van der Waals surface area contributed by atoms with Gasteiger partial charge >= 0.3 is 0 Å². The first-order valence-electron chi connectivity index (χ1n) is 9.90. The highest BCUT2D eigenvalue weighted by Gasteiger charge is 2.32. The zero-order valence-corrected chi connectivity index (χ0v) is 14.7. The Morgan fingerprint density at radius 1 is 1.20 bits per heavy atom. The Labute approximate surface area is 155 Å². The molecule has 2 aliphatic rings. The van der Waals surface area contributed by atoms with Gasteiger partial charge in [-0.3, -0.25) is 4.79 Å². The minimum atomic E-state index is -2.64. The molecule has 0 saturated heterocycles. The normalized spacial score (nSPS) is 19.4. The minimum Gasteiger partial charge on any atom is -0.480 e. The topological polar surface area (TPSA) is 77.9 Å². The fourth-order valence-corrected chi connectivity index (χ4v) is 3.86. The zero-order valence-electron chi connectivity index (χ0n) is 16.9. The highest BCUT2D eigenvalue weighted by molar-refractivity contribution is 7.98. The van der Waals surface area contributed by atoms with Gasteiger partial charge in [0, 0.05) is 12.3 Å². The van der Waals surface area contributed by atoms with E-state index in [4.69, 9.17) is 8.85 Å². The van der Waals surface area contributed by atoms with Crippen molar-refractivity contribution in [2.45, 2.75) is 49.5 Å². The van der Waals surface area contributed by atoms with Gasteiger partial charge in [-0.2, -0.15) is 0 Å². The summed E-state index contributed by atoms with van der Waals surface area (Å²) < 4.78 is 27.6. The second-order valence-corrected chi connectivity index (χ2v) is 7.12. The predicted molar refractivity (Wildman–Crippen MR) is 95.3 cm³/mol. The fraction of sp³-hybridized carbons (Fsp3) is 0.500. The molecule has 130 valence electrons. The van der Waals surface area contributed by atoms with Crippen molar-refractivity contribution < 1.29 is 13.6 Å². The van der Waals surface area contributed by atoms with Gasteiger partial charge in [-0.05, 0) is 38.4 Å². The molecule has 0 spiro atoms. The van der Waals surface area contributed by atoms with Crippen LogP contribution in [0.5, 0.6) is 5.88 Å². The van der Waals surface area contributed by atoms with Gasteiger partial charge in [0.25, 0.3) is 0 Å². The molecule has 6 nitrogen and oxygen atoms in total. The smallest absolute Gasteiger partial charge is 0.227 e. The van der Waals surface area contributed by atoms with Crippen LogP contribution in [0.3, 0.4) is 0 Å². The molecule has 2 aliphatic carbocycles. The van der Waals surface area contributed by atoms with Crippen molar-refractivity contribution in [1.29, 1.82) is 0 Å². The molecule has 2 aromatic rings. The Hall–Kier alpha value is -2.02. The van der Waals surface area contributed by atoms with E-state index in [9.17, 15) is 4.79 Å². The molecule has 0 amide bonds. The molecule has 0 bridgehead atoms. The molecule has 7 heteroatoms. The van der Waals surface area contributed by atoms with Crippen LogP contribution in [0.1, 0.15) is 63.9 Å². The fourth-order valence-electron chi connectivity index (χ4n) is 3.24. The number of rotatable bonds is 4. The number of thioether (sulfide) groups is 1. The molecular formula is C18H20N4O2S. The zero-order chi connectivity index (χ0) is 19.9. The third-order valence-electron chi connectivity index (χ3n) is 4.62. The van der Waals surface area contributed by atoms with Crippen LogP contribution in [-0.4, -0.2) is 39.0 Å². The molecule has 1 saturated carbocycles. The minimum absolute atomic E-state index is 0.0381. The van der Waals surface area contributed by atoms with Crippen LogP contribution in [-0.2, 0) is 6.42 Å². The Morgan fingerprint density at radius 2 is 2.04 bits per heavy atom. The van der Waals surface area contributed by atoms with Gasteiger partial charge in [0.1, 0.15) is 16.9 Å². The lowest BCUT2D eigenvalue weighted by Gasteiger charge is -2.14. The van der Waals surface area contributed by atoms with E-state index in [1.54, 1.807) is 0 Å². The largest absolute Gasteiger partial charge is 0.480 e. The third kappa shape index (κ3) is 3.01. The first-order chi connectivity index (χ1) is 13.4. The summed E-state index contributed by atoms with van der Waals surface area (Å²) in [6.45, 7) is 0. The molecule has 0 radical (unpaired) electrons. The van der Waals surface area contributed by atoms with Crippen LogP contribution in [0.2, 0.25) is 0 Å². The predicted octanol–water partition coefficient (Wildman–Crippen LogP) is 3.45. The maximum Gasteiger partial charge on any atom is 0.227 e. The Kier molecular flexibility index (Phi) is 3.55. The number of Topliss-reactive ketones (excluding diaryl/α,β-unsaturated/α-hetero) is 1. The Morgan fingerprint density at radius 3 is 2.80 bits per heavy atom. The average molecular weight is 359 g/mol. The number of aromatic nitrogens is 4. The van der Waals surface area contributed by atoms with Crippen molar-refractivity contribution in [3.8, 4) is 17.3 Å². The van der Waals surface area contributed by atoms with Crippen LogP contribution in [0.25, 0.3) is 11.4 Å². The maximum absolute atomic E-state index is 12.6. The van der Waals surface area contributed by atoms with Gasteiger partial charge in [-0.25, -0.2) is 19.9 Å². The van der Waals surface area contributed by atoms with Crippen molar-refractivity contribution in [2.75, 3.05) is 13.3 Å².